The largest absolute Gasteiger partial charge is 0.463 e. The van der Waals surface area contributed by atoms with Gasteiger partial charge in [-0.25, -0.2) is 4.98 Å². The van der Waals surface area contributed by atoms with Crippen molar-refractivity contribution in [3.63, 3.8) is 0 Å². The van der Waals surface area contributed by atoms with E-state index in [1.165, 1.54) is 19.3 Å². The number of thiocarbonyl (C=S) groups is 1. The summed E-state index contributed by atoms with van der Waals surface area (Å²) in [6.45, 7) is 2.23. The summed E-state index contributed by atoms with van der Waals surface area (Å²) in [4.78, 5) is 17.5. The summed E-state index contributed by atoms with van der Waals surface area (Å²) in [5, 5.41) is 4.52. The van der Waals surface area contributed by atoms with Gasteiger partial charge in [-0.3, -0.25) is 15.6 Å². The number of aromatic nitrogens is 1. The normalized spacial score (nSPS) is 18.9. The van der Waals surface area contributed by atoms with E-state index in [0.717, 1.165) is 17.3 Å². The first kappa shape index (κ1) is 19.4. The van der Waals surface area contributed by atoms with Gasteiger partial charge in [0.15, 0.2) is 10.9 Å². The maximum Gasteiger partial charge on any atom is 0.270 e. The van der Waals surface area contributed by atoms with Gasteiger partial charge in [-0.2, -0.15) is 0 Å². The number of carbonyl (C=O) groups is 1. The Hall–Kier alpha value is -2.93. The highest BCUT2D eigenvalue weighted by molar-refractivity contribution is 7.80. The van der Waals surface area contributed by atoms with E-state index < -0.39 is 0 Å². The lowest BCUT2D eigenvalue weighted by Crippen LogP contribution is -2.51. The molecule has 29 heavy (non-hydrogen) atoms. The van der Waals surface area contributed by atoms with E-state index in [4.69, 9.17) is 16.6 Å². The number of fused-ring (bicyclic) bond motifs is 1. The minimum absolute atomic E-state index is 0.280. The molecule has 0 spiro atoms. The Kier molecular flexibility index (Phi) is 5.76. The van der Waals surface area contributed by atoms with Crippen LogP contribution in [-0.2, 0) is 0 Å². The van der Waals surface area contributed by atoms with E-state index >= 15 is 0 Å². The molecule has 1 aliphatic carbocycles. The van der Waals surface area contributed by atoms with Gasteiger partial charge in [-0.15, -0.1) is 0 Å². The molecular formula is C22H24N4O2S. The summed E-state index contributed by atoms with van der Waals surface area (Å²) < 4.78 is 5.46. The zero-order chi connectivity index (χ0) is 20.2. The summed E-state index contributed by atoms with van der Waals surface area (Å²) in [7, 11) is 0. The Morgan fingerprint density at radius 2 is 1.97 bits per heavy atom. The van der Waals surface area contributed by atoms with E-state index in [1.807, 2.05) is 30.3 Å². The Bertz CT molecular complexity index is 1020. The van der Waals surface area contributed by atoms with Crippen LogP contribution in [0.25, 0.3) is 22.4 Å². The van der Waals surface area contributed by atoms with Crippen LogP contribution in [0.3, 0.4) is 0 Å². The fourth-order valence-electron chi connectivity index (χ4n) is 3.83. The Morgan fingerprint density at radius 3 is 2.76 bits per heavy atom. The number of benzene rings is 1. The highest BCUT2D eigenvalue weighted by Gasteiger charge is 2.22. The molecule has 1 saturated carbocycles. The highest BCUT2D eigenvalue weighted by Crippen LogP contribution is 2.25. The lowest BCUT2D eigenvalue weighted by molar-refractivity contribution is 0.0945. The molecule has 2 unspecified atom stereocenters. The van der Waals surface area contributed by atoms with Crippen molar-refractivity contribution in [2.45, 2.75) is 38.6 Å². The zero-order valence-electron chi connectivity index (χ0n) is 16.3. The smallest absolute Gasteiger partial charge is 0.270 e. The second-order valence-corrected chi connectivity index (χ2v) is 7.88. The van der Waals surface area contributed by atoms with E-state index in [2.05, 4.69) is 28.1 Å². The second kappa shape index (κ2) is 8.61. The first-order valence-corrected chi connectivity index (χ1v) is 10.3. The van der Waals surface area contributed by atoms with Crippen LogP contribution in [-0.4, -0.2) is 22.0 Å². The number of rotatable bonds is 3. The first-order chi connectivity index (χ1) is 14.1. The third kappa shape index (κ3) is 4.40. The number of nitrogens with zero attached hydrogens (tertiary/aromatic N) is 1. The van der Waals surface area contributed by atoms with Crippen molar-refractivity contribution in [1.82, 2.24) is 21.2 Å². The molecule has 6 nitrogen and oxygen atoms in total. The second-order valence-electron chi connectivity index (χ2n) is 7.47. The molecule has 4 rings (SSSR count). The van der Waals surface area contributed by atoms with Gasteiger partial charge in [-0.1, -0.05) is 38.0 Å². The van der Waals surface area contributed by atoms with Crippen LogP contribution in [0.4, 0.5) is 0 Å². The fourth-order valence-corrected chi connectivity index (χ4v) is 4.03. The van der Waals surface area contributed by atoms with Crippen LogP contribution in [0.15, 0.2) is 53.1 Å². The summed E-state index contributed by atoms with van der Waals surface area (Å²) >= 11 is 5.38. The van der Waals surface area contributed by atoms with Crippen molar-refractivity contribution >= 4 is 34.1 Å². The third-order valence-corrected chi connectivity index (χ3v) is 5.67. The molecule has 3 aromatic rings. The molecule has 0 saturated heterocycles. The van der Waals surface area contributed by atoms with Crippen LogP contribution in [0.1, 0.15) is 43.0 Å². The number of para-hydroxylation sites is 1. The van der Waals surface area contributed by atoms with Crippen molar-refractivity contribution in [2.24, 2.45) is 5.92 Å². The predicted molar refractivity (Wildman–Crippen MR) is 117 cm³/mol. The number of hydrazine groups is 1. The van der Waals surface area contributed by atoms with E-state index in [0.29, 0.717) is 34.1 Å². The molecule has 0 aliphatic heterocycles. The molecule has 1 amide bonds. The van der Waals surface area contributed by atoms with Crippen molar-refractivity contribution < 1.29 is 9.21 Å². The molecule has 2 heterocycles. The van der Waals surface area contributed by atoms with Crippen molar-refractivity contribution in [2.75, 3.05) is 0 Å². The molecule has 150 valence electrons. The standard InChI is InChI=1S/C22H24N4O2S/c1-14-7-2-4-9-17(14)24-22(29)26-25-21(27)16-13-19(20-11-6-12-28-20)23-18-10-5-3-8-15(16)18/h3,5-6,8,10-14,17H,2,4,7,9H2,1H3,(H,25,27)(H2,24,26,29). The fraction of sp³-hybridized carbons (Fsp3) is 0.318. The zero-order valence-corrected chi connectivity index (χ0v) is 17.1. The van der Waals surface area contributed by atoms with Gasteiger partial charge in [0, 0.05) is 11.4 Å². The molecule has 0 radical (unpaired) electrons. The van der Waals surface area contributed by atoms with Crippen LogP contribution >= 0.6 is 12.2 Å². The topological polar surface area (TPSA) is 79.2 Å². The number of furan rings is 1. The molecule has 1 aliphatic rings. The third-order valence-electron chi connectivity index (χ3n) is 5.45. The lowest BCUT2D eigenvalue weighted by atomic mass is 9.86. The summed E-state index contributed by atoms with van der Waals surface area (Å²) in [5.74, 6) is 0.901. The molecule has 1 aromatic carbocycles. The molecule has 7 heteroatoms. The summed E-state index contributed by atoms with van der Waals surface area (Å²) in [5.41, 5.74) is 7.40. The van der Waals surface area contributed by atoms with E-state index in [9.17, 15) is 4.79 Å². The number of carbonyl (C=O) groups excluding carboxylic acids is 1. The summed E-state index contributed by atoms with van der Waals surface area (Å²) in [6.07, 6.45) is 6.35. The van der Waals surface area contributed by atoms with Gasteiger partial charge in [0.1, 0.15) is 5.69 Å². The van der Waals surface area contributed by atoms with Crippen molar-refractivity contribution in [3.8, 4) is 11.5 Å². The maximum absolute atomic E-state index is 12.9. The van der Waals surface area contributed by atoms with Gasteiger partial charge in [0.2, 0.25) is 0 Å². The molecule has 2 atom stereocenters. The van der Waals surface area contributed by atoms with Gasteiger partial charge >= 0.3 is 0 Å². The van der Waals surface area contributed by atoms with Crippen molar-refractivity contribution in [1.29, 1.82) is 0 Å². The van der Waals surface area contributed by atoms with E-state index in [-0.39, 0.29) is 5.91 Å². The van der Waals surface area contributed by atoms with Crippen LogP contribution in [0, 0.1) is 5.92 Å². The number of hydrogen-bond acceptors (Lipinski definition) is 4. The number of hydrogen-bond donors (Lipinski definition) is 3. The van der Waals surface area contributed by atoms with Crippen LogP contribution < -0.4 is 16.2 Å². The Balaban J connectivity index is 1.50. The predicted octanol–water partition coefficient (Wildman–Crippen LogP) is 4.18. The average molecular weight is 409 g/mol. The SMILES string of the molecule is CC1CCCCC1NC(=S)NNC(=O)c1cc(-c2ccco2)nc2ccccc12. The number of amides is 1. The Labute approximate surface area is 175 Å². The molecule has 0 bridgehead atoms. The molecule has 2 aromatic heterocycles. The van der Waals surface area contributed by atoms with Crippen molar-refractivity contribution in [3.05, 3.63) is 54.3 Å². The lowest BCUT2D eigenvalue weighted by Gasteiger charge is -2.30. The minimum Gasteiger partial charge on any atom is -0.463 e. The van der Waals surface area contributed by atoms with Gasteiger partial charge in [0.05, 0.1) is 17.3 Å². The number of pyridine rings is 1. The molecule has 3 N–H and O–H groups in total. The van der Waals surface area contributed by atoms with Gasteiger partial charge in [-0.05, 0) is 55.2 Å². The molecule has 1 fully saturated rings. The van der Waals surface area contributed by atoms with Crippen LogP contribution in [0.2, 0.25) is 0 Å². The first-order valence-electron chi connectivity index (χ1n) is 9.92. The highest BCUT2D eigenvalue weighted by atomic mass is 32.1. The Morgan fingerprint density at radius 1 is 1.14 bits per heavy atom. The van der Waals surface area contributed by atoms with Gasteiger partial charge < -0.3 is 9.73 Å². The summed E-state index contributed by atoms with van der Waals surface area (Å²) in [6, 6.07) is 13.2. The minimum atomic E-state index is -0.280. The van der Waals surface area contributed by atoms with Crippen LogP contribution in [0.5, 0.6) is 0 Å². The average Bonchev–Trinajstić information content (AvgIpc) is 3.28. The quantitative estimate of drug-likeness (QED) is 0.446. The maximum atomic E-state index is 12.9. The monoisotopic (exact) mass is 408 g/mol. The van der Waals surface area contributed by atoms with Gasteiger partial charge in [0.25, 0.3) is 5.91 Å². The number of nitrogens with one attached hydrogen (secondary N) is 3. The van der Waals surface area contributed by atoms with E-state index in [1.54, 1.807) is 18.4 Å². The molecular weight excluding hydrogens is 384 g/mol.